The van der Waals surface area contributed by atoms with Gasteiger partial charge in [-0.3, -0.25) is 4.79 Å². The number of hydrogen-bond acceptors (Lipinski definition) is 4. The minimum absolute atomic E-state index is 0.0736. The first kappa shape index (κ1) is 11.4. The van der Waals surface area contributed by atoms with Gasteiger partial charge in [-0.2, -0.15) is 0 Å². The Bertz CT molecular complexity index is 484. The van der Waals surface area contributed by atoms with Crippen molar-refractivity contribution in [3.63, 3.8) is 0 Å². The van der Waals surface area contributed by atoms with Crippen LogP contribution in [0.15, 0.2) is 0 Å². The van der Waals surface area contributed by atoms with Gasteiger partial charge in [-0.15, -0.1) is 5.10 Å². The molecule has 5 rings (SSSR count). The summed E-state index contributed by atoms with van der Waals surface area (Å²) in [6.45, 7) is 0. The van der Waals surface area contributed by atoms with Gasteiger partial charge in [0.05, 0.1) is 6.04 Å². The van der Waals surface area contributed by atoms with Crippen LogP contribution < -0.4 is 0 Å². The fourth-order valence-corrected chi connectivity index (χ4v) is 4.99. The Hall–Kier alpha value is -1.46. The lowest BCUT2D eigenvalue weighted by Crippen LogP contribution is -2.46. The molecule has 0 spiro atoms. The number of carbonyl (C=O) groups is 1. The molecule has 0 atom stereocenters. The van der Waals surface area contributed by atoms with Crippen molar-refractivity contribution in [2.75, 3.05) is 0 Å². The van der Waals surface area contributed by atoms with E-state index >= 15 is 0 Å². The molecule has 0 radical (unpaired) electrons. The third-order valence-corrected chi connectivity index (χ3v) is 5.33. The number of rotatable bonds is 3. The van der Waals surface area contributed by atoms with Gasteiger partial charge in [0, 0.05) is 0 Å². The molecule has 0 amide bonds. The first-order chi connectivity index (χ1) is 9.20. The Balaban J connectivity index is 1.65. The molecule has 4 fully saturated rings. The second kappa shape index (κ2) is 4.02. The molecule has 6 nitrogen and oxygen atoms in total. The summed E-state index contributed by atoms with van der Waals surface area (Å²) in [7, 11) is 0. The van der Waals surface area contributed by atoms with E-state index in [1.807, 2.05) is 4.68 Å². The van der Waals surface area contributed by atoms with Crippen LogP contribution in [-0.2, 0) is 11.2 Å². The highest BCUT2D eigenvalue weighted by Gasteiger charge is 2.49. The molecular weight excluding hydrogens is 244 g/mol. The first-order valence-corrected chi connectivity index (χ1v) is 7.19. The lowest BCUT2D eigenvalue weighted by molar-refractivity contribution is -0.136. The van der Waals surface area contributed by atoms with Crippen LogP contribution in [0.4, 0.5) is 0 Å². The summed E-state index contributed by atoms with van der Waals surface area (Å²) in [5.41, 5.74) is 0. The highest BCUT2D eigenvalue weighted by molar-refractivity contribution is 5.68. The number of aromatic nitrogens is 4. The zero-order valence-electron chi connectivity index (χ0n) is 10.8. The summed E-state index contributed by atoms with van der Waals surface area (Å²) in [6.07, 6.45) is 6.47. The Kier molecular flexibility index (Phi) is 2.40. The van der Waals surface area contributed by atoms with E-state index in [0.717, 1.165) is 11.8 Å². The van der Waals surface area contributed by atoms with E-state index in [-0.39, 0.29) is 6.42 Å². The van der Waals surface area contributed by atoms with Crippen molar-refractivity contribution in [1.29, 1.82) is 0 Å². The highest BCUT2D eigenvalue weighted by Crippen LogP contribution is 2.58. The van der Waals surface area contributed by atoms with E-state index in [1.54, 1.807) is 0 Å². The third-order valence-electron chi connectivity index (χ3n) is 5.33. The van der Waals surface area contributed by atoms with Crippen LogP contribution in [0, 0.1) is 23.7 Å². The summed E-state index contributed by atoms with van der Waals surface area (Å²) in [4.78, 5) is 10.9. The fraction of sp³-hybridized carbons (Fsp3) is 0.846. The van der Waals surface area contributed by atoms with Crippen molar-refractivity contribution < 1.29 is 9.90 Å². The van der Waals surface area contributed by atoms with Crippen molar-refractivity contribution in [2.45, 2.75) is 44.6 Å². The normalized spacial score (nSPS) is 39.7. The summed E-state index contributed by atoms with van der Waals surface area (Å²) in [6, 6.07) is 0.345. The van der Waals surface area contributed by atoms with Gasteiger partial charge in [0.25, 0.3) is 0 Å². The predicted molar refractivity (Wildman–Crippen MR) is 65.2 cm³/mol. The Labute approximate surface area is 111 Å². The Morgan fingerprint density at radius 2 is 1.79 bits per heavy atom. The van der Waals surface area contributed by atoms with Crippen molar-refractivity contribution in [3.05, 3.63) is 5.82 Å². The van der Waals surface area contributed by atoms with E-state index in [1.165, 1.54) is 32.1 Å². The van der Waals surface area contributed by atoms with Crippen LogP contribution in [0.2, 0.25) is 0 Å². The maximum absolute atomic E-state index is 10.9. The fourth-order valence-electron chi connectivity index (χ4n) is 4.99. The van der Waals surface area contributed by atoms with Gasteiger partial charge in [0.15, 0.2) is 5.82 Å². The SMILES string of the molecule is O=C(O)Cc1nnnn1C1C2CC3CC(C2)CC1C3. The van der Waals surface area contributed by atoms with E-state index in [9.17, 15) is 4.79 Å². The molecule has 4 saturated carbocycles. The molecule has 1 N–H and O–H groups in total. The van der Waals surface area contributed by atoms with Gasteiger partial charge in [0.2, 0.25) is 0 Å². The van der Waals surface area contributed by atoms with Crippen LogP contribution in [0.5, 0.6) is 0 Å². The number of tetrazole rings is 1. The van der Waals surface area contributed by atoms with Crippen LogP contribution in [0.25, 0.3) is 0 Å². The van der Waals surface area contributed by atoms with Crippen LogP contribution >= 0.6 is 0 Å². The van der Waals surface area contributed by atoms with Crippen LogP contribution in [0.1, 0.15) is 44.0 Å². The second-order valence-electron chi connectivity index (χ2n) is 6.53. The van der Waals surface area contributed by atoms with Crippen LogP contribution in [0.3, 0.4) is 0 Å². The molecule has 1 aromatic rings. The highest BCUT2D eigenvalue weighted by atomic mass is 16.4. The van der Waals surface area contributed by atoms with Gasteiger partial charge in [-0.1, -0.05) is 0 Å². The van der Waals surface area contributed by atoms with Gasteiger partial charge in [-0.25, -0.2) is 4.68 Å². The van der Waals surface area contributed by atoms with Gasteiger partial charge in [-0.05, 0) is 66.2 Å². The molecule has 4 aliphatic carbocycles. The average molecular weight is 262 g/mol. The van der Waals surface area contributed by atoms with Crippen molar-refractivity contribution >= 4 is 5.97 Å². The number of nitrogens with zero attached hydrogens (tertiary/aromatic N) is 4. The molecule has 0 saturated heterocycles. The summed E-state index contributed by atoms with van der Waals surface area (Å²) in [5, 5.41) is 20.7. The largest absolute Gasteiger partial charge is 0.481 e. The molecule has 1 heterocycles. The smallest absolute Gasteiger partial charge is 0.311 e. The first-order valence-electron chi connectivity index (χ1n) is 7.19. The minimum atomic E-state index is -0.861. The Morgan fingerprint density at radius 1 is 1.16 bits per heavy atom. The van der Waals surface area contributed by atoms with Gasteiger partial charge >= 0.3 is 5.97 Å². The minimum Gasteiger partial charge on any atom is -0.481 e. The molecule has 1 aromatic heterocycles. The molecule has 19 heavy (non-hydrogen) atoms. The number of carboxylic acids is 1. The molecule has 4 bridgehead atoms. The zero-order chi connectivity index (χ0) is 13.0. The number of aliphatic carboxylic acids is 1. The topological polar surface area (TPSA) is 80.9 Å². The molecule has 102 valence electrons. The second-order valence-corrected chi connectivity index (χ2v) is 6.53. The summed E-state index contributed by atoms with van der Waals surface area (Å²) in [5.74, 6) is 2.78. The van der Waals surface area contributed by atoms with Crippen molar-refractivity contribution in [2.24, 2.45) is 23.7 Å². The molecule has 0 unspecified atom stereocenters. The maximum Gasteiger partial charge on any atom is 0.311 e. The molecular formula is C13H18N4O2. The lowest BCUT2D eigenvalue weighted by atomic mass is 9.54. The molecule has 0 aliphatic heterocycles. The predicted octanol–water partition coefficient (Wildman–Crippen LogP) is 1.30. The molecule has 4 aliphatic rings. The van der Waals surface area contributed by atoms with Gasteiger partial charge in [0.1, 0.15) is 6.42 Å². The number of hydrogen-bond donors (Lipinski definition) is 1. The Morgan fingerprint density at radius 3 is 2.37 bits per heavy atom. The monoisotopic (exact) mass is 262 g/mol. The molecule has 6 heteroatoms. The average Bonchev–Trinajstić information content (AvgIpc) is 2.75. The zero-order valence-corrected chi connectivity index (χ0v) is 10.8. The maximum atomic E-state index is 10.9. The third kappa shape index (κ3) is 1.76. The number of carboxylic acid groups (broad SMARTS) is 1. The summed E-state index contributed by atoms with van der Waals surface area (Å²) >= 11 is 0. The van der Waals surface area contributed by atoms with E-state index in [2.05, 4.69) is 15.5 Å². The van der Waals surface area contributed by atoms with E-state index < -0.39 is 5.97 Å². The van der Waals surface area contributed by atoms with E-state index in [4.69, 9.17) is 5.11 Å². The molecule has 0 aromatic carbocycles. The quantitative estimate of drug-likeness (QED) is 0.888. The van der Waals surface area contributed by atoms with E-state index in [0.29, 0.717) is 23.7 Å². The van der Waals surface area contributed by atoms with Crippen molar-refractivity contribution in [1.82, 2.24) is 20.2 Å². The van der Waals surface area contributed by atoms with Crippen LogP contribution in [-0.4, -0.2) is 31.3 Å². The van der Waals surface area contributed by atoms with Gasteiger partial charge < -0.3 is 5.11 Å². The lowest BCUT2D eigenvalue weighted by Gasteiger charge is -2.54. The summed E-state index contributed by atoms with van der Waals surface area (Å²) < 4.78 is 1.83. The van der Waals surface area contributed by atoms with Crippen molar-refractivity contribution in [3.8, 4) is 0 Å². The standard InChI is InChI=1S/C13H18N4O2/c18-12(19)6-11-14-15-16-17(11)13-9-2-7-1-8(4-9)5-10(13)3-7/h7-10,13H,1-6H2,(H,18,19).